The monoisotopic (exact) mass is 203 g/mol. The minimum Gasteiger partial charge on any atom is -0.386 e. The number of nitrogens with one attached hydrogen (secondary N) is 1. The summed E-state index contributed by atoms with van der Waals surface area (Å²) in [6, 6.07) is 3.37. The molecule has 0 fully saturated rings. The molecule has 1 heterocycles. The number of aromatic amines is 1. The average Bonchev–Trinajstić information content (AvgIpc) is 2.51. The Hall–Kier alpha value is -0.810. The second-order valence-corrected chi connectivity index (χ2v) is 5.51. The highest BCUT2D eigenvalue weighted by Gasteiger charge is 2.25. The van der Waals surface area contributed by atoms with Crippen molar-refractivity contribution in [1.29, 1.82) is 0 Å². The van der Waals surface area contributed by atoms with E-state index in [4.69, 9.17) is 0 Å². The highest BCUT2D eigenvalue weighted by molar-refractivity contribution is 7.91. The van der Waals surface area contributed by atoms with Gasteiger partial charge in [-0.3, -0.25) is 0 Å². The van der Waals surface area contributed by atoms with Gasteiger partial charge >= 0.3 is 0 Å². The molecule has 0 bridgehead atoms. The lowest BCUT2D eigenvalue weighted by molar-refractivity contribution is 0.172. The van der Waals surface area contributed by atoms with Crippen LogP contribution in [0.15, 0.2) is 18.3 Å². The first-order valence-corrected chi connectivity index (χ1v) is 5.88. The van der Waals surface area contributed by atoms with Gasteiger partial charge in [-0.05, 0) is 19.1 Å². The molecule has 2 unspecified atom stereocenters. The van der Waals surface area contributed by atoms with Crippen LogP contribution in [0.1, 0.15) is 18.7 Å². The fraction of sp³-hybridized carbons (Fsp3) is 0.500. The zero-order valence-corrected chi connectivity index (χ0v) is 8.38. The van der Waals surface area contributed by atoms with Gasteiger partial charge in [0, 0.05) is 18.1 Å². The lowest BCUT2D eigenvalue weighted by atomic mass is 10.2. The number of H-pyrrole nitrogens is 1. The Morgan fingerprint density at radius 3 is 2.54 bits per heavy atom. The van der Waals surface area contributed by atoms with Crippen molar-refractivity contribution in [1.82, 2.24) is 4.98 Å². The molecule has 0 saturated heterocycles. The third kappa shape index (κ3) is 2.32. The topological polar surface area (TPSA) is 70.2 Å². The second-order valence-electron chi connectivity index (χ2n) is 3.10. The van der Waals surface area contributed by atoms with Crippen molar-refractivity contribution in [3.63, 3.8) is 0 Å². The first-order valence-electron chi connectivity index (χ1n) is 3.93. The molecule has 0 aliphatic carbocycles. The quantitative estimate of drug-likeness (QED) is 0.750. The predicted octanol–water partition coefficient (Wildman–Crippen LogP) is 0.481. The van der Waals surface area contributed by atoms with Gasteiger partial charge in [-0.2, -0.15) is 0 Å². The van der Waals surface area contributed by atoms with E-state index in [1.165, 1.54) is 6.92 Å². The van der Waals surface area contributed by atoms with Crippen molar-refractivity contribution in [2.75, 3.05) is 6.26 Å². The van der Waals surface area contributed by atoms with Gasteiger partial charge in [0.05, 0.1) is 5.25 Å². The van der Waals surface area contributed by atoms with Crippen molar-refractivity contribution in [3.8, 4) is 0 Å². The Labute approximate surface area is 77.5 Å². The fourth-order valence-corrected chi connectivity index (χ4v) is 1.63. The van der Waals surface area contributed by atoms with Crippen LogP contribution in [0.2, 0.25) is 0 Å². The van der Waals surface area contributed by atoms with Crippen LogP contribution in [0, 0.1) is 0 Å². The number of aliphatic hydroxyl groups is 1. The molecule has 2 N–H and O–H groups in total. The largest absolute Gasteiger partial charge is 0.386 e. The molecule has 1 rings (SSSR count). The van der Waals surface area contributed by atoms with Crippen LogP contribution in [-0.4, -0.2) is 30.0 Å². The van der Waals surface area contributed by atoms with Gasteiger partial charge in [0.25, 0.3) is 0 Å². The molecule has 74 valence electrons. The highest BCUT2D eigenvalue weighted by atomic mass is 32.2. The minimum absolute atomic E-state index is 0.526. The van der Waals surface area contributed by atoms with Crippen molar-refractivity contribution in [3.05, 3.63) is 24.0 Å². The van der Waals surface area contributed by atoms with E-state index < -0.39 is 21.2 Å². The maximum absolute atomic E-state index is 11.1. The summed E-state index contributed by atoms with van der Waals surface area (Å²) in [7, 11) is -3.20. The molecule has 0 aliphatic rings. The minimum atomic E-state index is -3.20. The normalized spacial score (nSPS) is 16.8. The van der Waals surface area contributed by atoms with Gasteiger partial charge in [0.1, 0.15) is 6.10 Å². The molecule has 1 aromatic rings. The van der Waals surface area contributed by atoms with Crippen LogP contribution in [0.4, 0.5) is 0 Å². The number of sulfone groups is 1. The third-order valence-corrected chi connectivity index (χ3v) is 3.67. The summed E-state index contributed by atoms with van der Waals surface area (Å²) >= 11 is 0. The van der Waals surface area contributed by atoms with Gasteiger partial charge in [0.2, 0.25) is 0 Å². The van der Waals surface area contributed by atoms with E-state index in [0.29, 0.717) is 5.69 Å². The summed E-state index contributed by atoms with van der Waals surface area (Å²) in [5.74, 6) is 0. The Kier molecular flexibility index (Phi) is 2.77. The second kappa shape index (κ2) is 3.51. The molecule has 2 atom stereocenters. The van der Waals surface area contributed by atoms with Crippen LogP contribution in [0.25, 0.3) is 0 Å². The van der Waals surface area contributed by atoms with E-state index in [2.05, 4.69) is 4.98 Å². The Bertz CT molecular complexity index is 355. The summed E-state index contributed by atoms with van der Waals surface area (Å²) in [6.45, 7) is 1.49. The van der Waals surface area contributed by atoms with E-state index in [-0.39, 0.29) is 0 Å². The Morgan fingerprint density at radius 1 is 1.54 bits per heavy atom. The van der Waals surface area contributed by atoms with Gasteiger partial charge < -0.3 is 10.1 Å². The fourth-order valence-electron chi connectivity index (χ4n) is 1.02. The maximum atomic E-state index is 11.1. The number of rotatable bonds is 3. The van der Waals surface area contributed by atoms with E-state index in [1.807, 2.05) is 0 Å². The summed E-state index contributed by atoms with van der Waals surface area (Å²) < 4.78 is 22.2. The van der Waals surface area contributed by atoms with Crippen molar-refractivity contribution in [2.45, 2.75) is 18.3 Å². The van der Waals surface area contributed by atoms with Crippen LogP contribution in [-0.2, 0) is 9.84 Å². The Morgan fingerprint density at radius 2 is 2.15 bits per heavy atom. The molecule has 4 nitrogen and oxygen atoms in total. The number of aliphatic hydroxyl groups excluding tert-OH is 1. The zero-order valence-electron chi connectivity index (χ0n) is 7.56. The summed E-state index contributed by atoms with van der Waals surface area (Å²) in [5.41, 5.74) is 0.526. The van der Waals surface area contributed by atoms with E-state index >= 15 is 0 Å². The molecule has 0 amide bonds. The van der Waals surface area contributed by atoms with Crippen LogP contribution in [0.3, 0.4) is 0 Å². The molecule has 0 radical (unpaired) electrons. The lowest BCUT2D eigenvalue weighted by Gasteiger charge is -2.15. The van der Waals surface area contributed by atoms with Crippen molar-refractivity contribution < 1.29 is 13.5 Å². The number of aromatic nitrogens is 1. The van der Waals surface area contributed by atoms with Crippen molar-refractivity contribution >= 4 is 9.84 Å². The maximum Gasteiger partial charge on any atom is 0.152 e. The SMILES string of the molecule is CC(C(O)c1ccc[nH]1)S(C)(=O)=O. The van der Waals surface area contributed by atoms with Gasteiger partial charge in [0.15, 0.2) is 9.84 Å². The molecular weight excluding hydrogens is 190 g/mol. The molecule has 0 saturated carbocycles. The molecule has 5 heteroatoms. The predicted molar refractivity (Wildman–Crippen MR) is 50.1 cm³/mol. The zero-order chi connectivity index (χ0) is 10.1. The first-order chi connectivity index (χ1) is 5.93. The van der Waals surface area contributed by atoms with E-state index in [1.54, 1.807) is 18.3 Å². The van der Waals surface area contributed by atoms with Crippen LogP contribution in [0.5, 0.6) is 0 Å². The lowest BCUT2D eigenvalue weighted by Crippen LogP contribution is -2.24. The third-order valence-electron chi connectivity index (χ3n) is 2.06. The highest BCUT2D eigenvalue weighted by Crippen LogP contribution is 2.19. The summed E-state index contributed by atoms with van der Waals surface area (Å²) in [6.07, 6.45) is 1.78. The smallest absolute Gasteiger partial charge is 0.152 e. The molecule has 0 aromatic carbocycles. The van der Waals surface area contributed by atoms with E-state index in [0.717, 1.165) is 6.26 Å². The molecular formula is C8H13NO3S. The van der Waals surface area contributed by atoms with Gasteiger partial charge in [-0.25, -0.2) is 8.42 Å². The van der Waals surface area contributed by atoms with Crippen molar-refractivity contribution in [2.24, 2.45) is 0 Å². The summed E-state index contributed by atoms with van der Waals surface area (Å²) in [5, 5.41) is 8.82. The number of hydrogen-bond donors (Lipinski definition) is 2. The van der Waals surface area contributed by atoms with Crippen LogP contribution >= 0.6 is 0 Å². The molecule has 13 heavy (non-hydrogen) atoms. The van der Waals surface area contributed by atoms with Gasteiger partial charge in [-0.1, -0.05) is 0 Å². The van der Waals surface area contributed by atoms with Crippen LogP contribution < -0.4 is 0 Å². The molecule has 1 aromatic heterocycles. The average molecular weight is 203 g/mol. The first kappa shape index (κ1) is 10.3. The molecule has 0 aliphatic heterocycles. The summed E-state index contributed by atoms with van der Waals surface area (Å²) in [4.78, 5) is 2.78. The van der Waals surface area contributed by atoms with Gasteiger partial charge in [-0.15, -0.1) is 0 Å². The van der Waals surface area contributed by atoms with E-state index in [9.17, 15) is 13.5 Å². The Balaban J connectivity index is 2.86. The molecule has 0 spiro atoms. The number of hydrogen-bond acceptors (Lipinski definition) is 3. The standard InChI is InChI=1S/C8H13NO3S/c1-6(13(2,11)12)8(10)7-4-3-5-9-7/h3-6,8-10H,1-2H3.